The third kappa shape index (κ3) is 6.94. The lowest BCUT2D eigenvalue weighted by Gasteiger charge is -2.35. The van der Waals surface area contributed by atoms with E-state index in [1.165, 1.54) is 20.5 Å². The van der Waals surface area contributed by atoms with Crippen molar-refractivity contribution in [2.24, 2.45) is 0 Å². The minimum absolute atomic E-state index is 0.00499. The zero-order valence-electron chi connectivity index (χ0n) is 21.4. The Balaban J connectivity index is 1.55. The number of aromatic nitrogens is 4. The van der Waals surface area contributed by atoms with Gasteiger partial charge in [-0.25, -0.2) is 19.4 Å². The van der Waals surface area contributed by atoms with E-state index in [-0.39, 0.29) is 57.1 Å². The molecule has 3 amide bonds. The topological polar surface area (TPSA) is 160 Å². The van der Waals surface area contributed by atoms with Crippen LogP contribution in [-0.4, -0.2) is 97.4 Å². The predicted octanol–water partition coefficient (Wildman–Crippen LogP) is 1.59. The van der Waals surface area contributed by atoms with Gasteiger partial charge in [0.2, 0.25) is 5.91 Å². The van der Waals surface area contributed by atoms with Gasteiger partial charge in [0.1, 0.15) is 11.7 Å². The van der Waals surface area contributed by atoms with Crippen molar-refractivity contribution in [2.45, 2.75) is 25.8 Å². The van der Waals surface area contributed by atoms with E-state index in [4.69, 9.17) is 4.74 Å². The van der Waals surface area contributed by atoms with Gasteiger partial charge in [-0.15, -0.1) is 0 Å². The highest BCUT2D eigenvalue weighted by atomic mass is 16.6. The van der Waals surface area contributed by atoms with Crippen molar-refractivity contribution in [1.29, 1.82) is 0 Å². The highest BCUT2D eigenvalue weighted by Crippen LogP contribution is 2.18. The predicted molar refractivity (Wildman–Crippen MR) is 138 cm³/mol. The maximum absolute atomic E-state index is 13.4. The van der Waals surface area contributed by atoms with Crippen LogP contribution in [0.15, 0.2) is 54.9 Å². The summed E-state index contributed by atoms with van der Waals surface area (Å²) in [6, 6.07) is 11.2. The first kappa shape index (κ1) is 27.2. The van der Waals surface area contributed by atoms with Gasteiger partial charge in [-0.3, -0.25) is 14.4 Å². The minimum atomic E-state index is -1.11. The molecule has 13 heteroatoms. The minimum Gasteiger partial charge on any atom is -0.481 e. The summed E-state index contributed by atoms with van der Waals surface area (Å²) >= 11 is 0. The molecule has 1 saturated heterocycles. The molecule has 0 radical (unpaired) electrons. The van der Waals surface area contributed by atoms with Crippen LogP contribution in [0.2, 0.25) is 0 Å². The fourth-order valence-corrected chi connectivity index (χ4v) is 4.09. The van der Waals surface area contributed by atoms with Crippen LogP contribution < -0.4 is 5.32 Å². The summed E-state index contributed by atoms with van der Waals surface area (Å²) in [5.41, 5.74) is 0.674. The number of carbonyl (C=O) groups excluding carboxylic acids is 3. The second kappa shape index (κ2) is 12.6. The summed E-state index contributed by atoms with van der Waals surface area (Å²) in [6.45, 7) is 2.95. The van der Waals surface area contributed by atoms with Gasteiger partial charge >= 0.3 is 12.1 Å². The molecule has 0 unspecified atom stereocenters. The van der Waals surface area contributed by atoms with Crippen molar-refractivity contribution < 1.29 is 29.0 Å². The molecule has 0 spiro atoms. The number of carboxylic acids is 1. The van der Waals surface area contributed by atoms with Gasteiger partial charge in [0.05, 0.1) is 6.61 Å². The number of aliphatic carboxylic acids is 1. The summed E-state index contributed by atoms with van der Waals surface area (Å²) in [5, 5.41) is 16.1. The number of carboxylic acid groups (broad SMARTS) is 1. The summed E-state index contributed by atoms with van der Waals surface area (Å²) in [7, 11) is 0. The molecule has 1 aromatic carbocycles. The van der Waals surface area contributed by atoms with Gasteiger partial charge in [-0.2, -0.15) is 5.10 Å². The van der Waals surface area contributed by atoms with E-state index in [1.54, 1.807) is 37.5 Å². The Hall–Kier alpha value is -4.81. The standard InChI is InChI=1S/C26H29N7O6/c1-2-39-26(38)32-15-13-31(14-16-32)25(37)19(9-10-22(34)35)29-24(36)20-17-21(33-12-6-11-27-33)30-23(28-20)18-7-4-3-5-8-18/h3-8,11-12,17,19H,2,9-10,13-16H2,1H3,(H,29,36)(H,34,35)/t19-/m0/s1. The van der Waals surface area contributed by atoms with Crippen LogP contribution in [0.4, 0.5) is 4.79 Å². The molecular formula is C26H29N7O6. The molecule has 0 bridgehead atoms. The average Bonchev–Trinajstić information content (AvgIpc) is 3.50. The fourth-order valence-electron chi connectivity index (χ4n) is 4.09. The van der Waals surface area contributed by atoms with E-state index in [2.05, 4.69) is 20.4 Å². The number of carbonyl (C=O) groups is 4. The van der Waals surface area contributed by atoms with Crippen LogP contribution in [0.3, 0.4) is 0 Å². The SMILES string of the molecule is CCOC(=O)N1CCN(C(=O)[C@H](CCC(=O)O)NC(=O)c2cc(-n3cccn3)nc(-c3ccccc3)n2)CC1. The first-order valence-corrected chi connectivity index (χ1v) is 12.5. The molecular weight excluding hydrogens is 506 g/mol. The number of rotatable bonds is 9. The van der Waals surface area contributed by atoms with Crippen LogP contribution in [-0.2, 0) is 14.3 Å². The molecule has 13 nitrogen and oxygen atoms in total. The van der Waals surface area contributed by atoms with Gasteiger partial charge < -0.3 is 25.0 Å². The largest absolute Gasteiger partial charge is 0.481 e. The lowest BCUT2D eigenvalue weighted by atomic mass is 10.1. The van der Waals surface area contributed by atoms with Crippen LogP contribution in [0.5, 0.6) is 0 Å². The summed E-state index contributed by atoms with van der Waals surface area (Å²) in [4.78, 5) is 62.0. The van der Waals surface area contributed by atoms with E-state index in [0.717, 1.165) is 0 Å². The molecule has 0 aliphatic carbocycles. The quantitative estimate of drug-likeness (QED) is 0.415. The van der Waals surface area contributed by atoms with Crippen molar-refractivity contribution in [1.82, 2.24) is 34.9 Å². The van der Waals surface area contributed by atoms with Crippen LogP contribution in [0, 0.1) is 0 Å². The second-order valence-corrected chi connectivity index (χ2v) is 8.72. The Morgan fingerprint density at radius 3 is 2.38 bits per heavy atom. The monoisotopic (exact) mass is 535 g/mol. The highest BCUT2D eigenvalue weighted by Gasteiger charge is 2.31. The highest BCUT2D eigenvalue weighted by molar-refractivity contribution is 5.97. The van der Waals surface area contributed by atoms with Gasteiger partial charge in [0.25, 0.3) is 5.91 Å². The van der Waals surface area contributed by atoms with Crippen LogP contribution in [0.25, 0.3) is 17.2 Å². The molecule has 1 fully saturated rings. The Morgan fingerprint density at radius 1 is 1.03 bits per heavy atom. The molecule has 39 heavy (non-hydrogen) atoms. The van der Waals surface area contributed by atoms with Crippen LogP contribution in [0.1, 0.15) is 30.3 Å². The molecule has 3 aromatic rings. The smallest absolute Gasteiger partial charge is 0.409 e. The van der Waals surface area contributed by atoms with Gasteiger partial charge in [0.15, 0.2) is 11.6 Å². The van der Waals surface area contributed by atoms with Gasteiger partial charge in [-0.1, -0.05) is 30.3 Å². The zero-order chi connectivity index (χ0) is 27.8. The zero-order valence-corrected chi connectivity index (χ0v) is 21.4. The lowest BCUT2D eigenvalue weighted by molar-refractivity contribution is -0.138. The molecule has 4 rings (SSSR count). The number of hydrogen-bond donors (Lipinski definition) is 2. The molecule has 2 aromatic heterocycles. The maximum atomic E-state index is 13.4. The molecule has 1 atom stereocenters. The number of amides is 3. The Kier molecular flexibility index (Phi) is 8.82. The molecule has 2 N–H and O–H groups in total. The molecule has 0 saturated carbocycles. The summed E-state index contributed by atoms with van der Waals surface area (Å²) in [5.74, 6) is -1.54. The van der Waals surface area contributed by atoms with E-state index < -0.39 is 29.9 Å². The summed E-state index contributed by atoms with van der Waals surface area (Å²) in [6.07, 6.45) is 2.36. The van der Waals surface area contributed by atoms with E-state index in [0.29, 0.717) is 11.4 Å². The number of nitrogens with one attached hydrogen (secondary N) is 1. The van der Waals surface area contributed by atoms with Crippen molar-refractivity contribution in [3.05, 3.63) is 60.6 Å². The fraction of sp³-hybridized carbons (Fsp3) is 0.346. The number of benzene rings is 1. The number of piperazine rings is 1. The number of hydrogen-bond acceptors (Lipinski definition) is 8. The van der Waals surface area contributed by atoms with E-state index in [9.17, 15) is 24.3 Å². The van der Waals surface area contributed by atoms with Crippen molar-refractivity contribution in [2.75, 3.05) is 32.8 Å². The molecule has 204 valence electrons. The Bertz CT molecular complexity index is 1310. The second-order valence-electron chi connectivity index (χ2n) is 8.72. The summed E-state index contributed by atoms with van der Waals surface area (Å²) < 4.78 is 6.50. The van der Waals surface area contributed by atoms with Gasteiger partial charge in [-0.05, 0) is 19.4 Å². The molecule has 1 aliphatic heterocycles. The number of nitrogens with zero attached hydrogens (tertiary/aromatic N) is 6. The maximum Gasteiger partial charge on any atom is 0.409 e. The first-order chi connectivity index (χ1) is 18.9. The van der Waals surface area contributed by atoms with Crippen molar-refractivity contribution in [3.8, 4) is 17.2 Å². The molecule has 3 heterocycles. The van der Waals surface area contributed by atoms with E-state index >= 15 is 0 Å². The number of ether oxygens (including phenoxy) is 1. The normalized spacial score (nSPS) is 14.0. The average molecular weight is 536 g/mol. The third-order valence-corrected chi connectivity index (χ3v) is 6.08. The lowest BCUT2D eigenvalue weighted by Crippen LogP contribution is -2.56. The Labute approximate surface area is 224 Å². The van der Waals surface area contributed by atoms with Crippen molar-refractivity contribution in [3.63, 3.8) is 0 Å². The Morgan fingerprint density at radius 2 is 1.74 bits per heavy atom. The molecule has 1 aliphatic rings. The first-order valence-electron chi connectivity index (χ1n) is 12.5. The third-order valence-electron chi connectivity index (χ3n) is 6.08. The van der Waals surface area contributed by atoms with Crippen molar-refractivity contribution >= 4 is 23.9 Å². The van der Waals surface area contributed by atoms with E-state index in [1.807, 2.05) is 18.2 Å². The van der Waals surface area contributed by atoms with Crippen LogP contribution >= 0.6 is 0 Å². The van der Waals surface area contributed by atoms with Gasteiger partial charge in [0, 0.05) is 56.6 Å².